The van der Waals surface area contributed by atoms with Gasteiger partial charge in [-0.2, -0.15) is 0 Å². The van der Waals surface area contributed by atoms with E-state index in [0.29, 0.717) is 19.7 Å². The molecule has 2 N–H and O–H groups in total. The monoisotopic (exact) mass is 303 g/mol. The molecule has 1 atom stereocenters. The number of carbonyl (C=O) groups excluding carboxylic acids is 1. The smallest absolute Gasteiger partial charge is 0.227 e. The first-order valence-electron chi connectivity index (χ1n) is 7.16. The molecule has 1 amide bonds. The summed E-state index contributed by atoms with van der Waals surface area (Å²) in [6.45, 7) is 3.56. The molecule has 0 radical (unpaired) electrons. The van der Waals surface area contributed by atoms with E-state index in [1.165, 1.54) is 0 Å². The fourth-order valence-corrected chi connectivity index (χ4v) is 2.13. The van der Waals surface area contributed by atoms with Gasteiger partial charge in [-0.05, 0) is 24.6 Å². The minimum atomic E-state index is -0.282. The van der Waals surface area contributed by atoms with Crippen LogP contribution < -0.4 is 5.32 Å². The SMILES string of the molecule is COCCn1cncc1CNC(=O)[C@@H](C)c1ccc(O)cc1. The molecule has 0 aliphatic rings. The number of nitrogens with one attached hydrogen (secondary N) is 1. The number of hydrogen-bond donors (Lipinski definition) is 2. The molecule has 0 bridgehead atoms. The van der Waals surface area contributed by atoms with Crippen molar-refractivity contribution in [2.45, 2.75) is 25.9 Å². The normalized spacial score (nSPS) is 12.1. The predicted octanol–water partition coefficient (Wildman–Crippen LogP) is 1.65. The largest absolute Gasteiger partial charge is 0.508 e. The van der Waals surface area contributed by atoms with Gasteiger partial charge in [-0.25, -0.2) is 4.98 Å². The maximum atomic E-state index is 12.2. The van der Waals surface area contributed by atoms with Crippen molar-refractivity contribution in [3.05, 3.63) is 48.0 Å². The minimum absolute atomic E-state index is 0.0646. The zero-order valence-electron chi connectivity index (χ0n) is 12.8. The summed E-state index contributed by atoms with van der Waals surface area (Å²) < 4.78 is 7.00. The van der Waals surface area contributed by atoms with Crippen LogP contribution in [0, 0.1) is 0 Å². The van der Waals surface area contributed by atoms with Crippen LogP contribution in [0.5, 0.6) is 5.75 Å². The van der Waals surface area contributed by atoms with Gasteiger partial charge in [-0.1, -0.05) is 12.1 Å². The van der Waals surface area contributed by atoms with Gasteiger partial charge >= 0.3 is 0 Å². The quantitative estimate of drug-likeness (QED) is 0.815. The predicted molar refractivity (Wildman–Crippen MR) is 82.5 cm³/mol. The van der Waals surface area contributed by atoms with Crippen molar-refractivity contribution in [1.29, 1.82) is 0 Å². The lowest BCUT2D eigenvalue weighted by Crippen LogP contribution is -2.28. The van der Waals surface area contributed by atoms with E-state index >= 15 is 0 Å². The van der Waals surface area contributed by atoms with Gasteiger partial charge in [0.15, 0.2) is 0 Å². The molecule has 0 saturated heterocycles. The first-order chi connectivity index (χ1) is 10.6. The van der Waals surface area contributed by atoms with E-state index in [-0.39, 0.29) is 17.6 Å². The van der Waals surface area contributed by atoms with E-state index in [4.69, 9.17) is 4.74 Å². The van der Waals surface area contributed by atoms with E-state index in [2.05, 4.69) is 10.3 Å². The third-order valence-electron chi connectivity index (χ3n) is 3.56. The summed E-state index contributed by atoms with van der Waals surface area (Å²) in [6.07, 6.45) is 3.46. The molecule has 118 valence electrons. The number of phenolic OH excluding ortho intramolecular Hbond substituents is 1. The van der Waals surface area contributed by atoms with Gasteiger partial charge in [0, 0.05) is 19.9 Å². The number of benzene rings is 1. The Kier molecular flexibility index (Phi) is 5.55. The Morgan fingerprint density at radius 3 is 2.82 bits per heavy atom. The number of rotatable bonds is 7. The number of nitrogens with zero attached hydrogens (tertiary/aromatic N) is 2. The molecule has 6 nitrogen and oxygen atoms in total. The molecular weight excluding hydrogens is 282 g/mol. The molecule has 0 saturated carbocycles. The lowest BCUT2D eigenvalue weighted by atomic mass is 10.0. The molecule has 0 spiro atoms. The Hall–Kier alpha value is -2.34. The highest BCUT2D eigenvalue weighted by Crippen LogP contribution is 2.18. The van der Waals surface area contributed by atoms with Crippen molar-refractivity contribution in [2.75, 3.05) is 13.7 Å². The van der Waals surface area contributed by atoms with Crippen molar-refractivity contribution in [1.82, 2.24) is 14.9 Å². The van der Waals surface area contributed by atoms with Crippen LogP contribution in [0.15, 0.2) is 36.8 Å². The summed E-state index contributed by atoms with van der Waals surface area (Å²) in [5.41, 5.74) is 1.80. The van der Waals surface area contributed by atoms with Crippen LogP contribution >= 0.6 is 0 Å². The molecule has 1 aromatic carbocycles. The summed E-state index contributed by atoms with van der Waals surface area (Å²) in [4.78, 5) is 16.3. The molecule has 0 aliphatic carbocycles. The molecule has 6 heteroatoms. The Morgan fingerprint density at radius 2 is 2.14 bits per heavy atom. The average molecular weight is 303 g/mol. The van der Waals surface area contributed by atoms with Gasteiger partial charge in [0.25, 0.3) is 0 Å². The van der Waals surface area contributed by atoms with E-state index in [1.54, 1.807) is 43.9 Å². The molecule has 0 unspecified atom stereocenters. The highest BCUT2D eigenvalue weighted by atomic mass is 16.5. The standard InChI is InChI=1S/C16H21N3O3/c1-12(13-3-5-15(20)6-4-13)16(21)18-10-14-9-17-11-19(14)7-8-22-2/h3-6,9,11-12,20H,7-8,10H2,1-2H3,(H,18,21)/t12-/m0/s1. The number of imidazole rings is 1. The fraction of sp³-hybridized carbons (Fsp3) is 0.375. The van der Waals surface area contributed by atoms with E-state index in [9.17, 15) is 9.90 Å². The second-order valence-corrected chi connectivity index (χ2v) is 5.10. The number of aromatic hydroxyl groups is 1. The van der Waals surface area contributed by atoms with Gasteiger partial charge in [0.2, 0.25) is 5.91 Å². The van der Waals surface area contributed by atoms with Crippen LogP contribution in [-0.4, -0.2) is 34.3 Å². The molecule has 2 rings (SSSR count). The van der Waals surface area contributed by atoms with Gasteiger partial charge in [0.1, 0.15) is 5.75 Å². The summed E-state index contributed by atoms with van der Waals surface area (Å²) in [7, 11) is 1.65. The number of methoxy groups -OCH3 is 1. The van der Waals surface area contributed by atoms with Gasteiger partial charge in [-0.15, -0.1) is 0 Å². The highest BCUT2D eigenvalue weighted by Gasteiger charge is 2.15. The molecular formula is C16H21N3O3. The van der Waals surface area contributed by atoms with Crippen LogP contribution in [-0.2, 0) is 22.6 Å². The molecule has 1 aromatic heterocycles. The first-order valence-corrected chi connectivity index (χ1v) is 7.16. The fourth-order valence-electron chi connectivity index (χ4n) is 2.13. The van der Waals surface area contributed by atoms with Crippen molar-refractivity contribution in [3.63, 3.8) is 0 Å². The Bertz CT molecular complexity index is 607. The van der Waals surface area contributed by atoms with Crippen LogP contribution in [0.25, 0.3) is 0 Å². The summed E-state index contributed by atoms with van der Waals surface area (Å²) in [6, 6.07) is 6.67. The second-order valence-electron chi connectivity index (χ2n) is 5.10. The van der Waals surface area contributed by atoms with Crippen LogP contribution in [0.1, 0.15) is 24.1 Å². The number of ether oxygens (including phenoxy) is 1. The van der Waals surface area contributed by atoms with Crippen molar-refractivity contribution in [2.24, 2.45) is 0 Å². The van der Waals surface area contributed by atoms with Gasteiger partial charge in [0.05, 0.1) is 31.1 Å². The van der Waals surface area contributed by atoms with Crippen molar-refractivity contribution in [3.8, 4) is 5.75 Å². The van der Waals surface area contributed by atoms with Crippen LogP contribution in [0.2, 0.25) is 0 Å². The van der Waals surface area contributed by atoms with Crippen molar-refractivity contribution < 1.29 is 14.6 Å². The minimum Gasteiger partial charge on any atom is -0.508 e. The van der Waals surface area contributed by atoms with Crippen LogP contribution in [0.3, 0.4) is 0 Å². The second kappa shape index (κ2) is 7.61. The number of amides is 1. The number of aromatic nitrogens is 2. The zero-order valence-corrected chi connectivity index (χ0v) is 12.8. The molecule has 22 heavy (non-hydrogen) atoms. The number of carbonyl (C=O) groups is 1. The Balaban J connectivity index is 1.92. The van der Waals surface area contributed by atoms with E-state index in [0.717, 1.165) is 11.3 Å². The lowest BCUT2D eigenvalue weighted by molar-refractivity contribution is -0.122. The average Bonchev–Trinajstić information content (AvgIpc) is 2.98. The number of phenols is 1. The summed E-state index contributed by atoms with van der Waals surface area (Å²) in [5, 5.41) is 12.2. The highest BCUT2D eigenvalue weighted by molar-refractivity contribution is 5.83. The molecule has 0 fully saturated rings. The first kappa shape index (κ1) is 16.0. The zero-order chi connectivity index (χ0) is 15.9. The Labute approximate surface area is 129 Å². The molecule has 2 aromatic rings. The molecule has 0 aliphatic heterocycles. The van der Waals surface area contributed by atoms with Gasteiger partial charge in [-0.3, -0.25) is 4.79 Å². The topological polar surface area (TPSA) is 76.4 Å². The number of hydrogen-bond acceptors (Lipinski definition) is 4. The van der Waals surface area contributed by atoms with Gasteiger partial charge < -0.3 is 19.7 Å². The summed E-state index contributed by atoms with van der Waals surface area (Å²) >= 11 is 0. The maximum absolute atomic E-state index is 12.2. The lowest BCUT2D eigenvalue weighted by Gasteiger charge is -2.13. The van der Waals surface area contributed by atoms with Crippen molar-refractivity contribution >= 4 is 5.91 Å². The van der Waals surface area contributed by atoms with E-state index in [1.807, 2.05) is 11.5 Å². The molecule has 1 heterocycles. The summed E-state index contributed by atoms with van der Waals surface area (Å²) in [5.74, 6) is -0.153. The van der Waals surface area contributed by atoms with Crippen LogP contribution in [0.4, 0.5) is 0 Å². The third kappa shape index (κ3) is 4.08. The maximum Gasteiger partial charge on any atom is 0.227 e. The Morgan fingerprint density at radius 1 is 1.41 bits per heavy atom. The third-order valence-corrected chi connectivity index (χ3v) is 3.56. The van der Waals surface area contributed by atoms with E-state index < -0.39 is 0 Å².